The Kier molecular flexibility index (Phi) is 5.10. The van der Waals surface area contributed by atoms with Crippen molar-refractivity contribution < 1.29 is 0 Å². The summed E-state index contributed by atoms with van der Waals surface area (Å²) < 4.78 is 0. The van der Waals surface area contributed by atoms with E-state index >= 15 is 0 Å². The molecule has 0 amide bonds. The molecule has 0 fully saturated rings. The molecule has 2 aromatic rings. The van der Waals surface area contributed by atoms with Crippen LogP contribution in [0.25, 0.3) is 11.1 Å². The molecule has 0 unspecified atom stereocenters. The second-order valence-corrected chi connectivity index (χ2v) is 6.34. The van der Waals surface area contributed by atoms with Gasteiger partial charge >= 0.3 is 0 Å². The zero-order chi connectivity index (χ0) is 13.0. The van der Waals surface area contributed by atoms with Gasteiger partial charge in [-0.05, 0) is 48.6 Å². The molecule has 0 aromatic heterocycles. The van der Waals surface area contributed by atoms with Crippen LogP contribution in [0.3, 0.4) is 0 Å². The molecule has 0 spiro atoms. The predicted molar refractivity (Wildman–Crippen MR) is 87.2 cm³/mol. The van der Waals surface area contributed by atoms with Gasteiger partial charge in [0.05, 0.1) is 0 Å². The van der Waals surface area contributed by atoms with Crippen LogP contribution in [-0.2, 0) is 0 Å². The molecular formula is C15H16S3. The van der Waals surface area contributed by atoms with Gasteiger partial charge in [-0.3, -0.25) is 0 Å². The standard InChI is InChI=1S/C15H16S3/c1-16-12-9-7-11(8-10-12)15-13(17-2)5-4-6-14(15)18-3/h4-10H,1-3H3. The van der Waals surface area contributed by atoms with Crippen LogP contribution in [0, 0.1) is 0 Å². The van der Waals surface area contributed by atoms with Crippen molar-refractivity contribution in [3.05, 3.63) is 42.5 Å². The highest BCUT2D eigenvalue weighted by atomic mass is 32.2. The molecule has 18 heavy (non-hydrogen) atoms. The summed E-state index contributed by atoms with van der Waals surface area (Å²) in [5.41, 5.74) is 2.67. The first-order valence-corrected chi connectivity index (χ1v) is 9.33. The molecule has 0 heterocycles. The molecule has 94 valence electrons. The van der Waals surface area contributed by atoms with Crippen LogP contribution in [0.4, 0.5) is 0 Å². The lowest BCUT2D eigenvalue weighted by molar-refractivity contribution is 1.32. The molecule has 0 saturated heterocycles. The van der Waals surface area contributed by atoms with Crippen LogP contribution >= 0.6 is 35.3 Å². The zero-order valence-electron chi connectivity index (χ0n) is 10.8. The van der Waals surface area contributed by atoms with E-state index in [0.717, 1.165) is 0 Å². The molecule has 0 atom stereocenters. The van der Waals surface area contributed by atoms with Gasteiger partial charge in [0.2, 0.25) is 0 Å². The Hall–Kier alpha value is -0.510. The van der Waals surface area contributed by atoms with Gasteiger partial charge in [0, 0.05) is 20.2 Å². The van der Waals surface area contributed by atoms with Crippen molar-refractivity contribution >= 4 is 35.3 Å². The molecule has 2 rings (SSSR count). The molecule has 0 bridgehead atoms. The average molecular weight is 292 g/mol. The maximum Gasteiger partial charge on any atom is 0.0159 e. The van der Waals surface area contributed by atoms with E-state index in [1.165, 1.54) is 25.8 Å². The van der Waals surface area contributed by atoms with Gasteiger partial charge in [-0.2, -0.15) is 0 Å². The highest BCUT2D eigenvalue weighted by molar-refractivity contribution is 7.99. The molecule has 0 nitrogen and oxygen atoms in total. The van der Waals surface area contributed by atoms with Gasteiger partial charge in [-0.25, -0.2) is 0 Å². The molecule has 3 heteroatoms. The quantitative estimate of drug-likeness (QED) is 0.681. The van der Waals surface area contributed by atoms with Crippen molar-refractivity contribution in [2.75, 3.05) is 18.8 Å². The molecule has 0 saturated carbocycles. The topological polar surface area (TPSA) is 0 Å². The van der Waals surface area contributed by atoms with Crippen LogP contribution in [0.2, 0.25) is 0 Å². The first-order chi connectivity index (χ1) is 8.80. The van der Waals surface area contributed by atoms with Crippen LogP contribution in [0.15, 0.2) is 57.2 Å². The van der Waals surface area contributed by atoms with Gasteiger partial charge in [-0.1, -0.05) is 18.2 Å². The third-order valence-corrected chi connectivity index (χ3v) is 5.11. The Balaban J connectivity index is 2.53. The first-order valence-electron chi connectivity index (χ1n) is 5.65. The maximum absolute atomic E-state index is 2.22. The van der Waals surface area contributed by atoms with E-state index in [1.54, 1.807) is 11.8 Å². The Bertz CT molecular complexity index is 496. The minimum Gasteiger partial charge on any atom is -0.130 e. The van der Waals surface area contributed by atoms with Gasteiger partial charge in [0.15, 0.2) is 0 Å². The maximum atomic E-state index is 2.22. The number of benzene rings is 2. The summed E-state index contributed by atoms with van der Waals surface area (Å²) >= 11 is 5.40. The molecule has 0 aliphatic rings. The zero-order valence-corrected chi connectivity index (χ0v) is 13.2. The van der Waals surface area contributed by atoms with E-state index in [-0.39, 0.29) is 0 Å². The Morgan fingerprint density at radius 3 is 1.67 bits per heavy atom. The Morgan fingerprint density at radius 1 is 0.667 bits per heavy atom. The summed E-state index contributed by atoms with van der Waals surface area (Å²) in [7, 11) is 0. The van der Waals surface area contributed by atoms with Crippen molar-refractivity contribution in [3.8, 4) is 11.1 Å². The minimum atomic E-state index is 1.31. The minimum absolute atomic E-state index is 1.31. The summed E-state index contributed by atoms with van der Waals surface area (Å²) in [4.78, 5) is 4.00. The van der Waals surface area contributed by atoms with Gasteiger partial charge < -0.3 is 0 Å². The normalized spacial score (nSPS) is 10.6. The fourth-order valence-corrected chi connectivity index (χ4v) is 3.66. The smallest absolute Gasteiger partial charge is 0.0159 e. The van der Waals surface area contributed by atoms with Crippen molar-refractivity contribution in [2.45, 2.75) is 14.7 Å². The Morgan fingerprint density at radius 2 is 1.22 bits per heavy atom. The van der Waals surface area contributed by atoms with Gasteiger partial charge in [0.25, 0.3) is 0 Å². The highest BCUT2D eigenvalue weighted by Gasteiger charge is 2.09. The number of hydrogen-bond acceptors (Lipinski definition) is 3. The molecule has 2 aromatic carbocycles. The van der Waals surface area contributed by atoms with Crippen LogP contribution < -0.4 is 0 Å². The highest BCUT2D eigenvalue weighted by Crippen LogP contribution is 2.38. The lowest BCUT2D eigenvalue weighted by Gasteiger charge is -2.12. The molecule has 0 N–H and O–H groups in total. The van der Waals surface area contributed by atoms with Crippen molar-refractivity contribution in [2.24, 2.45) is 0 Å². The first kappa shape index (κ1) is 13.9. The number of thioether (sulfide) groups is 3. The monoisotopic (exact) mass is 292 g/mol. The van der Waals surface area contributed by atoms with E-state index in [2.05, 4.69) is 61.2 Å². The molecule has 0 aliphatic heterocycles. The van der Waals surface area contributed by atoms with Crippen LogP contribution in [0.5, 0.6) is 0 Å². The average Bonchev–Trinajstić information content (AvgIpc) is 2.46. The van der Waals surface area contributed by atoms with Gasteiger partial charge in [0.1, 0.15) is 0 Å². The summed E-state index contributed by atoms with van der Waals surface area (Å²) in [6.45, 7) is 0. The van der Waals surface area contributed by atoms with E-state index in [1.807, 2.05) is 23.5 Å². The molecule has 0 aliphatic carbocycles. The SMILES string of the molecule is CSc1ccc(-c2c(SC)cccc2SC)cc1. The molecular weight excluding hydrogens is 276 g/mol. The van der Waals surface area contributed by atoms with E-state index in [4.69, 9.17) is 0 Å². The van der Waals surface area contributed by atoms with Crippen molar-refractivity contribution in [3.63, 3.8) is 0 Å². The predicted octanol–water partition coefficient (Wildman–Crippen LogP) is 5.52. The fourth-order valence-electron chi connectivity index (χ4n) is 1.89. The lowest BCUT2D eigenvalue weighted by atomic mass is 10.1. The van der Waals surface area contributed by atoms with E-state index in [0.29, 0.717) is 0 Å². The third-order valence-electron chi connectivity index (χ3n) is 2.81. The van der Waals surface area contributed by atoms with Crippen LogP contribution in [0.1, 0.15) is 0 Å². The summed E-state index contributed by atoms with van der Waals surface area (Å²) in [6, 6.07) is 15.4. The fraction of sp³-hybridized carbons (Fsp3) is 0.200. The van der Waals surface area contributed by atoms with Crippen LogP contribution in [-0.4, -0.2) is 18.8 Å². The largest absolute Gasteiger partial charge is 0.130 e. The van der Waals surface area contributed by atoms with Crippen molar-refractivity contribution in [1.82, 2.24) is 0 Å². The summed E-state index contributed by atoms with van der Waals surface area (Å²) in [5, 5.41) is 0. The van der Waals surface area contributed by atoms with Gasteiger partial charge in [-0.15, -0.1) is 35.3 Å². The number of rotatable bonds is 4. The molecule has 0 radical (unpaired) electrons. The number of hydrogen-bond donors (Lipinski definition) is 0. The second-order valence-electron chi connectivity index (χ2n) is 3.77. The second kappa shape index (κ2) is 6.60. The lowest BCUT2D eigenvalue weighted by Crippen LogP contribution is -1.86. The third kappa shape index (κ3) is 2.90. The Labute approximate surface area is 122 Å². The summed E-state index contributed by atoms with van der Waals surface area (Å²) in [6.07, 6.45) is 6.39. The van der Waals surface area contributed by atoms with Crippen molar-refractivity contribution in [1.29, 1.82) is 0 Å². The summed E-state index contributed by atoms with van der Waals surface area (Å²) in [5.74, 6) is 0. The van der Waals surface area contributed by atoms with E-state index < -0.39 is 0 Å². The van der Waals surface area contributed by atoms with E-state index in [9.17, 15) is 0 Å².